The van der Waals surface area contributed by atoms with Gasteiger partial charge in [-0.05, 0) is 30.5 Å². The predicted octanol–water partition coefficient (Wildman–Crippen LogP) is 2.86. The van der Waals surface area contributed by atoms with Crippen molar-refractivity contribution in [2.75, 3.05) is 5.73 Å². The van der Waals surface area contributed by atoms with Crippen LogP contribution in [0, 0.1) is 0 Å². The number of aromatic carboxylic acids is 1. The average molecular weight is 283 g/mol. The van der Waals surface area contributed by atoms with Crippen LogP contribution in [0.4, 0.5) is 5.13 Å². The maximum Gasteiger partial charge on any atom is 0.355 e. The fourth-order valence-electron chi connectivity index (χ4n) is 1.66. The molecule has 1 aromatic heterocycles. The molecule has 0 aliphatic carbocycles. The summed E-state index contributed by atoms with van der Waals surface area (Å²) in [5.74, 6) is -1.04. The molecule has 0 saturated carbocycles. The average Bonchev–Trinajstić information content (AvgIpc) is 2.68. The second-order valence-electron chi connectivity index (χ2n) is 3.76. The number of nitrogens with two attached hydrogens (primary N) is 1. The van der Waals surface area contributed by atoms with Gasteiger partial charge < -0.3 is 10.8 Å². The van der Waals surface area contributed by atoms with Crippen molar-refractivity contribution in [2.45, 2.75) is 12.8 Å². The van der Waals surface area contributed by atoms with Gasteiger partial charge in [0.05, 0.1) is 0 Å². The second kappa shape index (κ2) is 5.37. The van der Waals surface area contributed by atoms with Crippen LogP contribution in [0.25, 0.3) is 0 Å². The number of rotatable bonds is 4. The summed E-state index contributed by atoms with van der Waals surface area (Å²) < 4.78 is 0. The van der Waals surface area contributed by atoms with E-state index in [4.69, 9.17) is 22.4 Å². The van der Waals surface area contributed by atoms with Crippen molar-refractivity contribution in [2.24, 2.45) is 0 Å². The number of hydrogen-bond acceptors (Lipinski definition) is 4. The molecule has 0 amide bonds. The Morgan fingerprint density at radius 2 is 2.22 bits per heavy atom. The molecule has 0 saturated heterocycles. The van der Waals surface area contributed by atoms with Crippen molar-refractivity contribution in [1.29, 1.82) is 0 Å². The van der Waals surface area contributed by atoms with Crippen LogP contribution in [-0.4, -0.2) is 16.1 Å². The van der Waals surface area contributed by atoms with E-state index in [0.29, 0.717) is 22.7 Å². The molecule has 6 heteroatoms. The Morgan fingerprint density at radius 3 is 2.89 bits per heavy atom. The van der Waals surface area contributed by atoms with Gasteiger partial charge in [-0.15, -0.1) is 11.3 Å². The number of anilines is 1. The van der Waals surface area contributed by atoms with E-state index in [0.717, 1.165) is 5.56 Å². The first kappa shape index (κ1) is 12.9. The van der Waals surface area contributed by atoms with E-state index in [-0.39, 0.29) is 10.8 Å². The lowest BCUT2D eigenvalue weighted by Gasteiger charge is -2.01. The fourth-order valence-corrected chi connectivity index (χ4v) is 2.69. The van der Waals surface area contributed by atoms with Crippen LogP contribution in [0.2, 0.25) is 5.02 Å². The first-order valence-corrected chi connectivity index (χ1v) is 6.48. The highest BCUT2D eigenvalue weighted by molar-refractivity contribution is 7.15. The van der Waals surface area contributed by atoms with Crippen molar-refractivity contribution in [3.05, 3.63) is 45.4 Å². The highest BCUT2D eigenvalue weighted by Gasteiger charge is 2.15. The summed E-state index contributed by atoms with van der Waals surface area (Å²) >= 11 is 7.11. The van der Waals surface area contributed by atoms with Gasteiger partial charge in [-0.25, -0.2) is 9.78 Å². The molecule has 0 aliphatic rings. The molecule has 94 valence electrons. The number of thiazole rings is 1. The van der Waals surface area contributed by atoms with E-state index in [1.807, 2.05) is 18.2 Å². The summed E-state index contributed by atoms with van der Waals surface area (Å²) in [6.45, 7) is 0. The maximum atomic E-state index is 11.0. The van der Waals surface area contributed by atoms with E-state index >= 15 is 0 Å². The SMILES string of the molecule is Nc1nc(C(=O)O)c(CCc2cccc(Cl)c2)s1. The molecule has 1 aromatic carbocycles. The fraction of sp³-hybridized carbons (Fsp3) is 0.167. The second-order valence-corrected chi connectivity index (χ2v) is 5.31. The van der Waals surface area contributed by atoms with Gasteiger partial charge in [-0.3, -0.25) is 0 Å². The molecule has 0 unspecified atom stereocenters. The Balaban J connectivity index is 2.13. The molecule has 0 spiro atoms. The minimum Gasteiger partial charge on any atom is -0.476 e. The number of carboxylic acid groups (broad SMARTS) is 1. The first-order chi connectivity index (χ1) is 8.56. The Labute approximate surface area is 113 Å². The van der Waals surface area contributed by atoms with Gasteiger partial charge in [0, 0.05) is 9.90 Å². The van der Waals surface area contributed by atoms with Crippen LogP contribution in [0.3, 0.4) is 0 Å². The van der Waals surface area contributed by atoms with Gasteiger partial charge in [0.15, 0.2) is 10.8 Å². The Hall–Kier alpha value is -1.59. The predicted molar refractivity (Wildman–Crippen MR) is 72.3 cm³/mol. The molecule has 2 rings (SSSR count). The largest absolute Gasteiger partial charge is 0.476 e. The van der Waals surface area contributed by atoms with Crippen LogP contribution < -0.4 is 5.73 Å². The van der Waals surface area contributed by atoms with Gasteiger partial charge in [-0.1, -0.05) is 23.7 Å². The quantitative estimate of drug-likeness (QED) is 0.904. The van der Waals surface area contributed by atoms with Crippen molar-refractivity contribution >= 4 is 34.0 Å². The third kappa shape index (κ3) is 3.00. The molecule has 18 heavy (non-hydrogen) atoms. The van der Waals surface area contributed by atoms with Gasteiger partial charge in [0.1, 0.15) is 0 Å². The molecule has 0 fully saturated rings. The number of carboxylic acids is 1. The van der Waals surface area contributed by atoms with Crippen LogP contribution in [-0.2, 0) is 12.8 Å². The third-order valence-electron chi connectivity index (χ3n) is 2.45. The van der Waals surface area contributed by atoms with E-state index in [9.17, 15) is 4.79 Å². The Bertz CT molecular complexity index is 583. The molecule has 0 bridgehead atoms. The van der Waals surface area contributed by atoms with E-state index in [1.54, 1.807) is 6.07 Å². The van der Waals surface area contributed by atoms with Gasteiger partial charge in [-0.2, -0.15) is 0 Å². The lowest BCUT2D eigenvalue weighted by molar-refractivity contribution is 0.0690. The van der Waals surface area contributed by atoms with E-state index in [1.165, 1.54) is 11.3 Å². The number of hydrogen-bond donors (Lipinski definition) is 2. The van der Waals surface area contributed by atoms with Crippen LogP contribution in [0.15, 0.2) is 24.3 Å². The molecule has 0 atom stereocenters. The van der Waals surface area contributed by atoms with E-state index < -0.39 is 5.97 Å². The molecular weight excluding hydrogens is 272 g/mol. The summed E-state index contributed by atoms with van der Waals surface area (Å²) in [6.07, 6.45) is 1.30. The lowest BCUT2D eigenvalue weighted by Crippen LogP contribution is -2.02. The van der Waals surface area contributed by atoms with Gasteiger partial charge in [0.25, 0.3) is 0 Å². The highest BCUT2D eigenvalue weighted by Crippen LogP contribution is 2.23. The molecule has 2 aromatic rings. The summed E-state index contributed by atoms with van der Waals surface area (Å²) in [5, 5.41) is 9.95. The normalized spacial score (nSPS) is 10.5. The molecule has 0 aliphatic heterocycles. The van der Waals surface area contributed by atoms with Crippen molar-refractivity contribution in [3.8, 4) is 0 Å². The Morgan fingerprint density at radius 1 is 1.44 bits per heavy atom. The number of aromatic nitrogens is 1. The maximum absolute atomic E-state index is 11.0. The number of carbonyl (C=O) groups is 1. The zero-order chi connectivity index (χ0) is 13.1. The summed E-state index contributed by atoms with van der Waals surface area (Å²) in [5.41, 5.74) is 6.65. The number of nitrogens with zero attached hydrogens (tertiary/aromatic N) is 1. The number of aryl methyl sites for hydroxylation is 2. The number of benzene rings is 1. The Kier molecular flexibility index (Phi) is 3.84. The monoisotopic (exact) mass is 282 g/mol. The summed E-state index contributed by atoms with van der Waals surface area (Å²) in [6, 6.07) is 7.50. The van der Waals surface area contributed by atoms with E-state index in [2.05, 4.69) is 4.98 Å². The number of nitrogen functional groups attached to an aromatic ring is 1. The zero-order valence-corrected chi connectivity index (χ0v) is 11.0. The standard InChI is InChI=1S/C12H11ClN2O2S/c13-8-3-1-2-7(6-8)4-5-9-10(11(16)17)15-12(14)18-9/h1-3,6H,4-5H2,(H2,14,15)(H,16,17). The molecular formula is C12H11ClN2O2S. The first-order valence-electron chi connectivity index (χ1n) is 5.29. The summed E-state index contributed by atoms with van der Waals surface area (Å²) in [7, 11) is 0. The summed E-state index contributed by atoms with van der Waals surface area (Å²) in [4.78, 5) is 15.5. The minimum atomic E-state index is -1.04. The topological polar surface area (TPSA) is 76.2 Å². The van der Waals surface area contributed by atoms with Crippen LogP contribution in [0.1, 0.15) is 20.9 Å². The van der Waals surface area contributed by atoms with Crippen LogP contribution in [0.5, 0.6) is 0 Å². The molecule has 4 nitrogen and oxygen atoms in total. The highest BCUT2D eigenvalue weighted by atomic mass is 35.5. The van der Waals surface area contributed by atoms with Gasteiger partial charge >= 0.3 is 5.97 Å². The van der Waals surface area contributed by atoms with Crippen LogP contribution >= 0.6 is 22.9 Å². The number of halogens is 1. The third-order valence-corrected chi connectivity index (χ3v) is 3.63. The van der Waals surface area contributed by atoms with Gasteiger partial charge in [0.2, 0.25) is 0 Å². The van der Waals surface area contributed by atoms with Crippen molar-refractivity contribution < 1.29 is 9.90 Å². The van der Waals surface area contributed by atoms with Crippen molar-refractivity contribution in [3.63, 3.8) is 0 Å². The lowest BCUT2D eigenvalue weighted by atomic mass is 10.1. The smallest absolute Gasteiger partial charge is 0.355 e. The minimum absolute atomic E-state index is 0.0551. The zero-order valence-electron chi connectivity index (χ0n) is 9.39. The van der Waals surface area contributed by atoms with Crippen molar-refractivity contribution in [1.82, 2.24) is 4.98 Å². The molecule has 0 radical (unpaired) electrons. The molecule has 1 heterocycles. The molecule has 3 N–H and O–H groups in total.